The van der Waals surface area contributed by atoms with E-state index in [1.807, 2.05) is 18.2 Å². The number of alkyl halides is 3. The first-order valence-corrected chi connectivity index (χ1v) is 12.0. The molecule has 0 saturated carbocycles. The van der Waals surface area contributed by atoms with Gasteiger partial charge in [0.15, 0.2) is 0 Å². The minimum absolute atomic E-state index is 0.00147. The van der Waals surface area contributed by atoms with Crippen molar-refractivity contribution in [1.82, 2.24) is 14.5 Å². The van der Waals surface area contributed by atoms with Gasteiger partial charge in [-0.25, -0.2) is 13.1 Å². The van der Waals surface area contributed by atoms with E-state index in [2.05, 4.69) is 26.5 Å². The Kier molecular flexibility index (Phi) is 8.33. The van der Waals surface area contributed by atoms with E-state index in [-0.39, 0.29) is 23.8 Å². The van der Waals surface area contributed by atoms with Gasteiger partial charge in [-0.1, -0.05) is 30.3 Å². The normalized spacial score (nSPS) is 15.4. The average molecular weight is 486 g/mol. The number of halogens is 3. The van der Waals surface area contributed by atoms with E-state index in [1.54, 1.807) is 4.90 Å². The van der Waals surface area contributed by atoms with Crippen molar-refractivity contribution in [3.63, 3.8) is 0 Å². The monoisotopic (exact) mass is 485 g/mol. The number of nitrogens with one attached hydrogen (secondary N) is 1. The van der Waals surface area contributed by atoms with E-state index < -0.39 is 22.1 Å². The summed E-state index contributed by atoms with van der Waals surface area (Å²) >= 11 is 0. The van der Waals surface area contributed by atoms with E-state index in [9.17, 15) is 26.4 Å². The van der Waals surface area contributed by atoms with Crippen LogP contribution in [0.25, 0.3) is 0 Å². The van der Waals surface area contributed by atoms with Crippen LogP contribution in [-0.4, -0.2) is 69.8 Å². The topological polar surface area (TPSA) is 78.9 Å². The Balaban J connectivity index is 1.39. The highest BCUT2D eigenvalue weighted by Gasteiger charge is 2.31. The second-order valence-corrected chi connectivity index (χ2v) is 9.39. The molecule has 180 valence electrons. The van der Waals surface area contributed by atoms with Crippen molar-refractivity contribution < 1.29 is 31.1 Å². The minimum atomic E-state index is -4.85. The number of ether oxygens (including phenoxy) is 1. The van der Waals surface area contributed by atoms with Gasteiger partial charge >= 0.3 is 6.36 Å². The molecule has 0 aliphatic carbocycles. The number of rotatable bonds is 9. The maximum absolute atomic E-state index is 12.4. The molecule has 1 amide bonds. The lowest BCUT2D eigenvalue weighted by molar-refractivity contribution is -0.274. The largest absolute Gasteiger partial charge is 0.573 e. The lowest BCUT2D eigenvalue weighted by atomic mass is 10.1. The Bertz CT molecular complexity index is 1010. The molecule has 33 heavy (non-hydrogen) atoms. The molecule has 2 aromatic carbocycles. The molecule has 11 heteroatoms. The standard InChI is InChI=1S/C22H26F3N3O4S/c23-22(24,25)32-19-6-8-20(9-7-19)33(30,31)26-12-10-21(29)28-16-14-27(15-17-28)13-11-18-4-2-1-3-5-18/h1-9,26H,10-17H2. The predicted octanol–water partition coefficient (Wildman–Crippen LogP) is 2.64. The number of nitrogens with zero attached hydrogens (tertiary/aromatic N) is 2. The molecule has 0 bridgehead atoms. The highest BCUT2D eigenvalue weighted by Crippen LogP contribution is 2.23. The van der Waals surface area contributed by atoms with Crippen LogP contribution >= 0.6 is 0 Å². The third kappa shape index (κ3) is 8.02. The molecule has 7 nitrogen and oxygen atoms in total. The van der Waals surface area contributed by atoms with Crippen LogP contribution in [0.4, 0.5) is 13.2 Å². The second-order valence-electron chi connectivity index (χ2n) is 7.63. The van der Waals surface area contributed by atoms with Crippen molar-refractivity contribution in [2.75, 3.05) is 39.3 Å². The zero-order chi connectivity index (χ0) is 23.9. The van der Waals surface area contributed by atoms with Crippen molar-refractivity contribution in [2.24, 2.45) is 0 Å². The molecule has 1 saturated heterocycles. The van der Waals surface area contributed by atoms with Crippen LogP contribution in [-0.2, 0) is 21.2 Å². The fourth-order valence-corrected chi connectivity index (χ4v) is 4.54. The summed E-state index contributed by atoms with van der Waals surface area (Å²) in [5.74, 6) is -0.658. The lowest BCUT2D eigenvalue weighted by Crippen LogP contribution is -2.49. The summed E-state index contributed by atoms with van der Waals surface area (Å²) in [4.78, 5) is 16.2. The van der Waals surface area contributed by atoms with Crippen LogP contribution in [0.1, 0.15) is 12.0 Å². The van der Waals surface area contributed by atoms with E-state index in [4.69, 9.17) is 0 Å². The summed E-state index contributed by atoms with van der Waals surface area (Å²) in [7, 11) is -3.96. The Hall–Kier alpha value is -2.63. The van der Waals surface area contributed by atoms with Gasteiger partial charge in [0.1, 0.15) is 5.75 Å². The molecule has 0 aromatic heterocycles. The maximum atomic E-state index is 12.4. The maximum Gasteiger partial charge on any atom is 0.573 e. The fraction of sp³-hybridized carbons (Fsp3) is 0.409. The van der Waals surface area contributed by atoms with Gasteiger partial charge in [0, 0.05) is 45.7 Å². The van der Waals surface area contributed by atoms with Gasteiger partial charge in [-0.05, 0) is 36.2 Å². The van der Waals surface area contributed by atoms with Gasteiger partial charge in [0.2, 0.25) is 15.9 Å². The number of hydrogen-bond donors (Lipinski definition) is 1. The zero-order valence-corrected chi connectivity index (χ0v) is 18.7. The van der Waals surface area contributed by atoms with E-state index in [0.29, 0.717) is 13.1 Å². The van der Waals surface area contributed by atoms with E-state index in [1.165, 1.54) is 5.56 Å². The van der Waals surface area contributed by atoms with Crippen molar-refractivity contribution in [3.8, 4) is 5.75 Å². The molecule has 3 rings (SSSR count). The minimum Gasteiger partial charge on any atom is -0.406 e. The first kappa shape index (κ1) is 25.0. The van der Waals surface area contributed by atoms with Gasteiger partial charge < -0.3 is 9.64 Å². The number of carbonyl (C=O) groups excluding carboxylic acids is 1. The smallest absolute Gasteiger partial charge is 0.406 e. The summed E-state index contributed by atoms with van der Waals surface area (Å²) < 4.78 is 67.3. The Morgan fingerprint density at radius 1 is 0.970 bits per heavy atom. The quantitative estimate of drug-likeness (QED) is 0.591. The number of sulfonamides is 1. The van der Waals surface area contributed by atoms with E-state index >= 15 is 0 Å². The lowest BCUT2D eigenvalue weighted by Gasteiger charge is -2.34. The van der Waals surface area contributed by atoms with Crippen molar-refractivity contribution >= 4 is 15.9 Å². The summed E-state index contributed by atoms with van der Waals surface area (Å²) in [5, 5.41) is 0. The zero-order valence-electron chi connectivity index (χ0n) is 17.9. The molecule has 0 radical (unpaired) electrons. The predicted molar refractivity (Wildman–Crippen MR) is 116 cm³/mol. The van der Waals surface area contributed by atoms with Gasteiger partial charge in [-0.15, -0.1) is 13.2 Å². The van der Waals surface area contributed by atoms with Gasteiger partial charge in [0.05, 0.1) is 4.90 Å². The van der Waals surface area contributed by atoms with Crippen LogP contribution in [0, 0.1) is 0 Å². The molecule has 1 aliphatic heterocycles. The van der Waals surface area contributed by atoms with Crippen LogP contribution < -0.4 is 9.46 Å². The molecule has 1 fully saturated rings. The number of benzene rings is 2. The van der Waals surface area contributed by atoms with Gasteiger partial charge in [-0.3, -0.25) is 9.69 Å². The fourth-order valence-electron chi connectivity index (χ4n) is 3.51. The van der Waals surface area contributed by atoms with E-state index in [0.717, 1.165) is 50.3 Å². The summed E-state index contributed by atoms with van der Waals surface area (Å²) in [5.41, 5.74) is 1.27. The molecule has 0 atom stereocenters. The summed E-state index contributed by atoms with van der Waals surface area (Å²) in [6.07, 6.45) is -3.91. The number of piperazine rings is 1. The molecular weight excluding hydrogens is 459 g/mol. The third-order valence-electron chi connectivity index (χ3n) is 5.28. The molecule has 1 heterocycles. The van der Waals surface area contributed by atoms with Crippen LogP contribution in [0.15, 0.2) is 59.5 Å². The highest BCUT2D eigenvalue weighted by atomic mass is 32.2. The third-order valence-corrected chi connectivity index (χ3v) is 6.76. The molecule has 0 unspecified atom stereocenters. The van der Waals surface area contributed by atoms with Crippen molar-refractivity contribution in [2.45, 2.75) is 24.1 Å². The Morgan fingerprint density at radius 3 is 2.21 bits per heavy atom. The molecule has 1 aliphatic rings. The van der Waals surface area contributed by atoms with Crippen molar-refractivity contribution in [3.05, 3.63) is 60.2 Å². The Morgan fingerprint density at radius 2 is 1.61 bits per heavy atom. The highest BCUT2D eigenvalue weighted by molar-refractivity contribution is 7.89. The molecular formula is C22H26F3N3O4S. The number of hydrogen-bond acceptors (Lipinski definition) is 5. The second kappa shape index (κ2) is 11.0. The SMILES string of the molecule is O=C(CCNS(=O)(=O)c1ccc(OC(F)(F)F)cc1)N1CCN(CCc2ccccc2)CC1. The molecule has 1 N–H and O–H groups in total. The molecule has 2 aromatic rings. The van der Waals surface area contributed by atoms with Crippen LogP contribution in [0.2, 0.25) is 0 Å². The Labute approximate surface area is 191 Å². The summed E-state index contributed by atoms with van der Waals surface area (Å²) in [6.45, 7) is 3.50. The van der Waals surface area contributed by atoms with Gasteiger partial charge in [-0.2, -0.15) is 0 Å². The molecule has 0 spiro atoms. The first-order chi connectivity index (χ1) is 15.6. The van der Waals surface area contributed by atoms with Crippen molar-refractivity contribution in [1.29, 1.82) is 0 Å². The van der Waals surface area contributed by atoms with Gasteiger partial charge in [0.25, 0.3) is 0 Å². The first-order valence-electron chi connectivity index (χ1n) is 10.5. The van der Waals surface area contributed by atoms with Crippen LogP contribution in [0.5, 0.6) is 5.75 Å². The number of amides is 1. The summed E-state index contributed by atoms with van der Waals surface area (Å²) in [6, 6.07) is 14.1. The number of carbonyl (C=O) groups is 1. The van der Waals surface area contributed by atoms with Crippen LogP contribution in [0.3, 0.4) is 0 Å². The average Bonchev–Trinajstić information content (AvgIpc) is 2.78.